The molecule has 0 aromatic heterocycles. The highest BCUT2D eigenvalue weighted by Crippen LogP contribution is 2.41. The lowest BCUT2D eigenvalue weighted by Gasteiger charge is -2.25. The maximum Gasteiger partial charge on any atom is 0.246 e. The van der Waals surface area contributed by atoms with E-state index in [0.717, 1.165) is 32.4 Å². The minimum absolute atomic E-state index is 0.0947. The SMILES string of the molecule is O=C(C1C[C@H]2CNC[C@H]2C1)N1N=CCC1c1ccccc1. The largest absolute Gasteiger partial charge is 0.316 e. The zero-order valence-electron chi connectivity index (χ0n) is 12.1. The molecule has 4 heteroatoms. The molecule has 1 N–H and O–H groups in total. The molecule has 21 heavy (non-hydrogen) atoms. The number of hydrogen-bond acceptors (Lipinski definition) is 3. The number of hydrogen-bond donors (Lipinski definition) is 1. The molecule has 0 radical (unpaired) electrons. The Morgan fingerprint density at radius 3 is 2.57 bits per heavy atom. The third kappa shape index (κ3) is 2.27. The van der Waals surface area contributed by atoms with E-state index in [9.17, 15) is 4.79 Å². The van der Waals surface area contributed by atoms with Gasteiger partial charge in [0.2, 0.25) is 5.91 Å². The van der Waals surface area contributed by atoms with E-state index in [2.05, 4.69) is 22.6 Å². The molecule has 1 aromatic rings. The molecule has 0 bridgehead atoms. The van der Waals surface area contributed by atoms with E-state index in [1.807, 2.05) is 24.4 Å². The molecular formula is C17H21N3O. The fourth-order valence-corrected chi connectivity index (χ4v) is 4.13. The molecule has 2 unspecified atom stereocenters. The smallest absolute Gasteiger partial charge is 0.246 e. The van der Waals surface area contributed by atoms with Gasteiger partial charge in [-0.3, -0.25) is 4.79 Å². The summed E-state index contributed by atoms with van der Waals surface area (Å²) >= 11 is 0. The Balaban J connectivity index is 1.50. The predicted molar refractivity (Wildman–Crippen MR) is 81.7 cm³/mol. The highest BCUT2D eigenvalue weighted by molar-refractivity contribution is 5.82. The molecule has 2 aliphatic heterocycles. The van der Waals surface area contributed by atoms with Gasteiger partial charge in [0.05, 0.1) is 6.04 Å². The molecule has 1 amide bonds. The van der Waals surface area contributed by atoms with Crippen LogP contribution in [0.3, 0.4) is 0 Å². The summed E-state index contributed by atoms with van der Waals surface area (Å²) in [4.78, 5) is 12.9. The highest BCUT2D eigenvalue weighted by Gasteiger charge is 2.43. The van der Waals surface area contributed by atoms with Crippen LogP contribution in [0.1, 0.15) is 30.9 Å². The molecule has 2 heterocycles. The van der Waals surface area contributed by atoms with Crippen LogP contribution < -0.4 is 5.32 Å². The third-order valence-electron chi connectivity index (χ3n) is 5.24. The Morgan fingerprint density at radius 1 is 1.14 bits per heavy atom. The molecule has 4 nitrogen and oxygen atoms in total. The van der Waals surface area contributed by atoms with Crippen molar-refractivity contribution < 1.29 is 4.79 Å². The summed E-state index contributed by atoms with van der Waals surface area (Å²) in [6.07, 6.45) is 4.78. The van der Waals surface area contributed by atoms with Crippen molar-refractivity contribution in [2.45, 2.75) is 25.3 Å². The quantitative estimate of drug-likeness (QED) is 0.904. The summed E-state index contributed by atoms with van der Waals surface area (Å²) in [5, 5.41) is 9.55. The Kier molecular flexibility index (Phi) is 3.26. The number of carbonyl (C=O) groups is 1. The van der Waals surface area contributed by atoms with E-state index in [1.54, 1.807) is 5.01 Å². The number of amides is 1. The molecular weight excluding hydrogens is 262 g/mol. The average Bonchev–Trinajstić information content (AvgIpc) is 3.22. The molecule has 0 spiro atoms. The zero-order valence-corrected chi connectivity index (χ0v) is 12.1. The van der Waals surface area contributed by atoms with Crippen LogP contribution in [0.2, 0.25) is 0 Å². The van der Waals surface area contributed by atoms with E-state index in [0.29, 0.717) is 11.8 Å². The molecule has 2 fully saturated rings. The minimum atomic E-state index is 0.0947. The lowest BCUT2D eigenvalue weighted by molar-refractivity contribution is -0.137. The Hall–Kier alpha value is -1.68. The van der Waals surface area contributed by atoms with E-state index in [-0.39, 0.29) is 17.9 Å². The molecule has 1 saturated carbocycles. The van der Waals surface area contributed by atoms with Gasteiger partial charge in [-0.15, -0.1) is 0 Å². The highest BCUT2D eigenvalue weighted by atomic mass is 16.2. The van der Waals surface area contributed by atoms with Gasteiger partial charge in [-0.05, 0) is 43.3 Å². The minimum Gasteiger partial charge on any atom is -0.316 e. The van der Waals surface area contributed by atoms with Crippen LogP contribution >= 0.6 is 0 Å². The van der Waals surface area contributed by atoms with Crippen LogP contribution in [0.15, 0.2) is 35.4 Å². The summed E-state index contributed by atoms with van der Waals surface area (Å²) in [7, 11) is 0. The number of nitrogens with one attached hydrogen (secondary N) is 1. The standard InChI is InChI=1S/C17H21N3O/c21-17(13-8-14-10-18-11-15(14)9-13)20-16(6-7-19-20)12-4-2-1-3-5-12/h1-5,7,13-16,18H,6,8-11H2/t13?,14-,15+,16?. The second-order valence-corrected chi connectivity index (χ2v) is 6.49. The maximum absolute atomic E-state index is 12.9. The summed E-state index contributed by atoms with van der Waals surface area (Å²) in [6, 6.07) is 10.3. The lowest BCUT2D eigenvalue weighted by atomic mass is 10.0. The Labute approximate surface area is 125 Å². The van der Waals surface area contributed by atoms with Crippen molar-refractivity contribution in [1.29, 1.82) is 0 Å². The second-order valence-electron chi connectivity index (χ2n) is 6.49. The van der Waals surface area contributed by atoms with Crippen molar-refractivity contribution in [3.8, 4) is 0 Å². The number of nitrogens with zero attached hydrogens (tertiary/aromatic N) is 2. The molecule has 1 aliphatic carbocycles. The Morgan fingerprint density at radius 2 is 1.86 bits per heavy atom. The lowest BCUT2D eigenvalue weighted by Crippen LogP contribution is -2.32. The first-order valence-corrected chi connectivity index (χ1v) is 7.94. The fourth-order valence-electron chi connectivity index (χ4n) is 4.13. The number of rotatable bonds is 2. The Bertz CT molecular complexity index is 544. The van der Waals surface area contributed by atoms with Gasteiger partial charge in [-0.1, -0.05) is 30.3 Å². The molecule has 4 rings (SSSR count). The molecule has 4 atom stereocenters. The van der Waals surface area contributed by atoms with Gasteiger partial charge in [-0.2, -0.15) is 5.10 Å². The van der Waals surface area contributed by atoms with Crippen LogP contribution in [0.4, 0.5) is 0 Å². The van der Waals surface area contributed by atoms with Crippen LogP contribution in [0.25, 0.3) is 0 Å². The number of hydrazone groups is 1. The molecule has 1 aromatic carbocycles. The van der Waals surface area contributed by atoms with Crippen molar-refractivity contribution >= 4 is 12.1 Å². The van der Waals surface area contributed by atoms with Crippen LogP contribution in [-0.2, 0) is 4.79 Å². The second kappa shape index (κ2) is 5.26. The monoisotopic (exact) mass is 283 g/mol. The van der Waals surface area contributed by atoms with Gasteiger partial charge < -0.3 is 5.32 Å². The first kappa shape index (κ1) is 13.0. The van der Waals surface area contributed by atoms with Crippen LogP contribution in [-0.4, -0.2) is 30.2 Å². The van der Waals surface area contributed by atoms with E-state index in [1.165, 1.54) is 5.56 Å². The van der Waals surface area contributed by atoms with E-state index < -0.39 is 0 Å². The first-order chi connectivity index (χ1) is 10.3. The topological polar surface area (TPSA) is 44.7 Å². The molecule has 1 saturated heterocycles. The van der Waals surface area contributed by atoms with Gasteiger partial charge >= 0.3 is 0 Å². The summed E-state index contributed by atoms with van der Waals surface area (Å²) in [5.74, 6) is 1.79. The van der Waals surface area contributed by atoms with Crippen molar-refractivity contribution in [1.82, 2.24) is 10.3 Å². The van der Waals surface area contributed by atoms with Gasteiger partial charge in [0.25, 0.3) is 0 Å². The molecule has 3 aliphatic rings. The van der Waals surface area contributed by atoms with Gasteiger partial charge in [-0.25, -0.2) is 5.01 Å². The summed E-state index contributed by atoms with van der Waals surface area (Å²) in [5.41, 5.74) is 1.18. The zero-order chi connectivity index (χ0) is 14.2. The van der Waals surface area contributed by atoms with Crippen LogP contribution in [0, 0.1) is 17.8 Å². The van der Waals surface area contributed by atoms with Gasteiger partial charge in [0.15, 0.2) is 0 Å². The van der Waals surface area contributed by atoms with Crippen molar-refractivity contribution in [2.24, 2.45) is 22.9 Å². The van der Waals surface area contributed by atoms with Gasteiger partial charge in [0.1, 0.15) is 0 Å². The number of fused-ring (bicyclic) bond motifs is 1. The number of carbonyl (C=O) groups excluding carboxylic acids is 1. The fraction of sp³-hybridized carbons (Fsp3) is 0.529. The van der Waals surface area contributed by atoms with E-state index in [4.69, 9.17) is 0 Å². The normalized spacial score (nSPS) is 34.4. The number of benzene rings is 1. The average molecular weight is 283 g/mol. The van der Waals surface area contributed by atoms with Crippen molar-refractivity contribution in [2.75, 3.05) is 13.1 Å². The first-order valence-electron chi connectivity index (χ1n) is 7.94. The third-order valence-corrected chi connectivity index (χ3v) is 5.24. The summed E-state index contributed by atoms with van der Waals surface area (Å²) < 4.78 is 0. The predicted octanol–water partition coefficient (Wildman–Crippen LogP) is 2.19. The van der Waals surface area contributed by atoms with E-state index >= 15 is 0 Å². The van der Waals surface area contributed by atoms with Crippen molar-refractivity contribution in [3.63, 3.8) is 0 Å². The summed E-state index contributed by atoms with van der Waals surface area (Å²) in [6.45, 7) is 2.17. The molecule has 110 valence electrons. The van der Waals surface area contributed by atoms with Gasteiger partial charge in [0, 0.05) is 18.6 Å². The van der Waals surface area contributed by atoms with Crippen molar-refractivity contribution in [3.05, 3.63) is 35.9 Å². The maximum atomic E-state index is 12.9. The van der Waals surface area contributed by atoms with Crippen LogP contribution in [0.5, 0.6) is 0 Å².